The van der Waals surface area contributed by atoms with E-state index in [2.05, 4.69) is 0 Å². The Bertz CT molecular complexity index is 229. The van der Waals surface area contributed by atoms with Gasteiger partial charge in [-0.3, -0.25) is 0 Å². The summed E-state index contributed by atoms with van der Waals surface area (Å²) in [5, 5.41) is 56.1. The zero-order valence-electron chi connectivity index (χ0n) is 9.35. The molecule has 1 unspecified atom stereocenters. The number of aliphatic hydroxyl groups is 6. The first kappa shape index (κ1) is 15.5. The minimum atomic E-state index is -2.08. The van der Waals surface area contributed by atoms with Gasteiger partial charge in [0.25, 0.3) is 0 Å². The van der Waals surface area contributed by atoms with Gasteiger partial charge >= 0.3 is 0 Å². The van der Waals surface area contributed by atoms with Gasteiger partial charge in [-0.15, -0.1) is 0 Å². The molecule has 0 rings (SSSR count). The van der Waals surface area contributed by atoms with Crippen LogP contribution in [0.5, 0.6) is 0 Å². The largest absolute Gasteiger partial charge is 0.394 e. The molecule has 0 aliphatic heterocycles. The molecule has 16 heavy (non-hydrogen) atoms. The maximum Gasteiger partial charge on any atom is 0.137 e. The molecule has 0 bridgehead atoms. The lowest BCUT2D eigenvalue weighted by Crippen LogP contribution is -2.57. The van der Waals surface area contributed by atoms with Crippen molar-refractivity contribution in [1.82, 2.24) is 0 Å². The van der Waals surface area contributed by atoms with Crippen LogP contribution in [-0.4, -0.2) is 67.3 Å². The second kappa shape index (κ2) is 6.29. The molecule has 96 valence electrons. The highest BCUT2D eigenvalue weighted by molar-refractivity contribution is 5.10. The Hall–Kier alpha value is -0.500. The molecule has 0 radical (unpaired) electrons. The molecular formula is C10H20O6. The first-order chi connectivity index (χ1) is 7.31. The van der Waals surface area contributed by atoms with Crippen LogP contribution in [0.25, 0.3) is 0 Å². The minimum Gasteiger partial charge on any atom is -0.394 e. The second-order valence-corrected chi connectivity index (χ2v) is 3.75. The molecule has 0 amide bonds. The maximum atomic E-state index is 9.93. The average molecular weight is 236 g/mol. The molecule has 6 nitrogen and oxygen atoms in total. The van der Waals surface area contributed by atoms with Gasteiger partial charge in [0.15, 0.2) is 0 Å². The van der Waals surface area contributed by atoms with E-state index in [1.165, 1.54) is 13.0 Å². The number of hydrogen-bond acceptors (Lipinski definition) is 6. The third kappa shape index (κ3) is 3.24. The molecule has 0 aromatic heterocycles. The van der Waals surface area contributed by atoms with Crippen LogP contribution in [0.4, 0.5) is 0 Å². The van der Waals surface area contributed by atoms with Crippen LogP contribution in [0.1, 0.15) is 13.8 Å². The van der Waals surface area contributed by atoms with Crippen molar-refractivity contribution in [3.05, 3.63) is 12.2 Å². The van der Waals surface area contributed by atoms with E-state index in [1.54, 1.807) is 6.92 Å². The van der Waals surface area contributed by atoms with E-state index in [4.69, 9.17) is 10.2 Å². The highest BCUT2D eigenvalue weighted by Gasteiger charge is 2.43. The van der Waals surface area contributed by atoms with Crippen LogP contribution in [0.2, 0.25) is 0 Å². The fourth-order valence-corrected chi connectivity index (χ4v) is 1.34. The van der Waals surface area contributed by atoms with Crippen molar-refractivity contribution in [1.29, 1.82) is 0 Å². The van der Waals surface area contributed by atoms with Crippen molar-refractivity contribution in [3.63, 3.8) is 0 Å². The Morgan fingerprint density at radius 2 is 1.69 bits per heavy atom. The molecular weight excluding hydrogens is 216 g/mol. The quantitative estimate of drug-likeness (QED) is 0.290. The molecule has 5 atom stereocenters. The molecule has 6 N–H and O–H groups in total. The molecule has 6 heteroatoms. The van der Waals surface area contributed by atoms with Crippen LogP contribution in [-0.2, 0) is 0 Å². The summed E-state index contributed by atoms with van der Waals surface area (Å²) in [6.07, 6.45) is -4.00. The number of hydrogen-bond donors (Lipinski definition) is 6. The van der Waals surface area contributed by atoms with Gasteiger partial charge in [0.2, 0.25) is 0 Å². The molecule has 0 fully saturated rings. The summed E-state index contributed by atoms with van der Waals surface area (Å²) < 4.78 is 0. The van der Waals surface area contributed by atoms with Gasteiger partial charge in [-0.1, -0.05) is 12.2 Å². The van der Waals surface area contributed by atoms with Crippen molar-refractivity contribution in [2.45, 2.75) is 43.9 Å². The van der Waals surface area contributed by atoms with E-state index in [1.807, 2.05) is 0 Å². The molecule has 0 saturated carbocycles. The summed E-state index contributed by atoms with van der Waals surface area (Å²) >= 11 is 0. The summed E-state index contributed by atoms with van der Waals surface area (Å²) in [7, 11) is 0. The van der Waals surface area contributed by atoms with Crippen LogP contribution in [0, 0.1) is 0 Å². The van der Waals surface area contributed by atoms with Crippen LogP contribution in [0.15, 0.2) is 12.2 Å². The topological polar surface area (TPSA) is 121 Å². The Morgan fingerprint density at radius 3 is 2.00 bits per heavy atom. The Morgan fingerprint density at radius 1 is 1.19 bits per heavy atom. The number of rotatable bonds is 6. The predicted octanol–water partition coefficient (Wildman–Crippen LogP) is -2.25. The average Bonchev–Trinajstić information content (AvgIpc) is 2.25. The van der Waals surface area contributed by atoms with Crippen molar-refractivity contribution in [3.8, 4) is 0 Å². The summed E-state index contributed by atoms with van der Waals surface area (Å²) in [5.41, 5.74) is -2.08. The van der Waals surface area contributed by atoms with Crippen LogP contribution < -0.4 is 0 Å². The van der Waals surface area contributed by atoms with Gasteiger partial charge < -0.3 is 30.6 Å². The van der Waals surface area contributed by atoms with Gasteiger partial charge in [-0.2, -0.15) is 0 Å². The first-order valence-electron chi connectivity index (χ1n) is 5.00. The SMILES string of the molecule is CC=C[C@](O)(C(C)O)[C@@H](O)[C@H](O)[C@H](O)CO. The highest BCUT2D eigenvalue weighted by atomic mass is 16.4. The lowest BCUT2D eigenvalue weighted by atomic mass is 9.85. The Balaban J connectivity index is 4.94. The normalized spacial score (nSPS) is 23.8. The van der Waals surface area contributed by atoms with Gasteiger partial charge in [0.05, 0.1) is 12.7 Å². The standard InChI is InChI=1S/C10H20O6/c1-3-4-10(16,6(2)12)9(15)8(14)7(13)5-11/h3-4,6-9,11-16H,5H2,1-2H3/t6?,7-,8-,9+,10+/m1/s1. The van der Waals surface area contributed by atoms with Crippen molar-refractivity contribution >= 4 is 0 Å². The van der Waals surface area contributed by atoms with Gasteiger partial charge in [0.1, 0.15) is 23.9 Å². The lowest BCUT2D eigenvalue weighted by molar-refractivity contribution is -0.170. The monoisotopic (exact) mass is 236 g/mol. The van der Waals surface area contributed by atoms with Crippen LogP contribution >= 0.6 is 0 Å². The Labute approximate surface area is 94.1 Å². The zero-order valence-corrected chi connectivity index (χ0v) is 9.35. The lowest BCUT2D eigenvalue weighted by Gasteiger charge is -2.36. The smallest absolute Gasteiger partial charge is 0.137 e. The van der Waals surface area contributed by atoms with Crippen molar-refractivity contribution in [2.24, 2.45) is 0 Å². The molecule has 0 aliphatic carbocycles. The third-order valence-corrected chi connectivity index (χ3v) is 2.48. The highest BCUT2D eigenvalue weighted by Crippen LogP contribution is 2.22. The number of allylic oxidation sites excluding steroid dienone is 1. The molecule has 0 aromatic rings. The zero-order chi connectivity index (χ0) is 12.9. The van der Waals surface area contributed by atoms with E-state index in [0.717, 1.165) is 6.08 Å². The van der Waals surface area contributed by atoms with E-state index < -0.39 is 36.6 Å². The van der Waals surface area contributed by atoms with Crippen molar-refractivity contribution < 1.29 is 30.6 Å². The van der Waals surface area contributed by atoms with Crippen molar-refractivity contribution in [2.75, 3.05) is 6.61 Å². The maximum absolute atomic E-state index is 9.93. The predicted molar refractivity (Wildman–Crippen MR) is 56.6 cm³/mol. The Kier molecular flexibility index (Phi) is 6.09. The molecule has 0 aliphatic rings. The van der Waals surface area contributed by atoms with Gasteiger partial charge in [0, 0.05) is 0 Å². The van der Waals surface area contributed by atoms with E-state index in [0.29, 0.717) is 0 Å². The van der Waals surface area contributed by atoms with E-state index >= 15 is 0 Å². The summed E-state index contributed by atoms with van der Waals surface area (Å²) in [6.45, 7) is 2.04. The van der Waals surface area contributed by atoms with E-state index in [9.17, 15) is 20.4 Å². The first-order valence-corrected chi connectivity index (χ1v) is 5.00. The number of aliphatic hydroxyl groups excluding tert-OH is 5. The fraction of sp³-hybridized carbons (Fsp3) is 0.800. The molecule has 0 spiro atoms. The fourth-order valence-electron chi connectivity index (χ4n) is 1.34. The summed E-state index contributed by atoms with van der Waals surface area (Å²) in [4.78, 5) is 0. The summed E-state index contributed by atoms with van der Waals surface area (Å²) in [5.74, 6) is 0. The summed E-state index contributed by atoms with van der Waals surface area (Å²) in [6, 6.07) is 0. The van der Waals surface area contributed by atoms with E-state index in [-0.39, 0.29) is 0 Å². The van der Waals surface area contributed by atoms with Gasteiger partial charge in [-0.05, 0) is 13.8 Å². The minimum absolute atomic E-state index is 0.760. The second-order valence-electron chi connectivity index (χ2n) is 3.75. The van der Waals surface area contributed by atoms with Gasteiger partial charge in [-0.25, -0.2) is 0 Å². The molecule has 0 heterocycles. The third-order valence-electron chi connectivity index (χ3n) is 2.48. The van der Waals surface area contributed by atoms with Crippen LogP contribution in [0.3, 0.4) is 0 Å². The molecule has 0 aromatic carbocycles. The molecule has 0 saturated heterocycles.